The average Bonchev–Trinajstić information content (AvgIpc) is 2.25. The average molecular weight is 209 g/mol. The summed E-state index contributed by atoms with van der Waals surface area (Å²) >= 11 is 0. The van der Waals surface area contributed by atoms with E-state index in [1.807, 2.05) is 26.2 Å². The highest BCUT2D eigenvalue weighted by Gasteiger charge is 2.07. The minimum Gasteiger partial charge on any atom is -0.309 e. The van der Waals surface area contributed by atoms with E-state index in [0.717, 1.165) is 24.1 Å². The quantitative estimate of drug-likeness (QED) is 0.739. The molecule has 0 saturated carbocycles. The van der Waals surface area contributed by atoms with Crippen LogP contribution in [0.3, 0.4) is 0 Å². The largest absolute Gasteiger partial charge is 0.309 e. The summed E-state index contributed by atoms with van der Waals surface area (Å²) in [7, 11) is 3.98. The van der Waals surface area contributed by atoms with Crippen molar-refractivity contribution in [2.45, 2.75) is 6.42 Å². The van der Waals surface area contributed by atoms with Gasteiger partial charge in [0.1, 0.15) is 0 Å². The Morgan fingerprint density at radius 1 is 1.40 bits per heavy atom. The monoisotopic (exact) mass is 209 g/mol. The summed E-state index contributed by atoms with van der Waals surface area (Å²) in [5.74, 6) is 0.237. The van der Waals surface area contributed by atoms with Crippen molar-refractivity contribution in [2.24, 2.45) is 0 Å². The Hall–Kier alpha value is -1.35. The molecule has 0 unspecified atom stereocenters. The van der Waals surface area contributed by atoms with Crippen molar-refractivity contribution in [3.05, 3.63) is 36.4 Å². The van der Waals surface area contributed by atoms with E-state index in [-0.39, 0.29) is 5.75 Å². The molecule has 2 nitrogen and oxygen atoms in total. The van der Waals surface area contributed by atoms with Gasteiger partial charge < -0.3 is 4.90 Å². The summed E-state index contributed by atoms with van der Waals surface area (Å²) in [6, 6.07) is 6.99. The Bertz CT molecular complexity index is 336. The normalized spacial score (nSPS) is 10.4. The summed E-state index contributed by atoms with van der Waals surface area (Å²) in [6.45, 7) is 4.82. The Morgan fingerprint density at radius 2 is 2.07 bits per heavy atom. The molecule has 0 heterocycles. The van der Waals surface area contributed by atoms with E-state index in [1.54, 1.807) is 12.1 Å². The smallest absolute Gasteiger partial charge is 0.179 e. The highest BCUT2D eigenvalue weighted by atomic mass is 19.3. The molecule has 0 spiro atoms. The highest BCUT2D eigenvalue weighted by Crippen LogP contribution is 2.26. The van der Waals surface area contributed by atoms with Gasteiger partial charge in [0.25, 0.3) is 0 Å². The molecule has 15 heavy (non-hydrogen) atoms. The van der Waals surface area contributed by atoms with Crippen molar-refractivity contribution in [3.63, 3.8) is 0 Å². The third-order valence-corrected chi connectivity index (χ3v) is 2.21. The van der Waals surface area contributed by atoms with Gasteiger partial charge in [-0.25, -0.2) is 0 Å². The molecule has 0 aliphatic rings. The molecule has 1 aromatic carbocycles. The van der Waals surface area contributed by atoms with Crippen molar-refractivity contribution < 1.29 is 9.47 Å². The lowest BCUT2D eigenvalue weighted by atomic mass is 10.0. The van der Waals surface area contributed by atoms with Crippen LogP contribution in [-0.4, -0.2) is 25.5 Å². The molecule has 82 valence electrons. The second kappa shape index (κ2) is 5.51. The lowest BCUT2D eigenvalue weighted by Gasteiger charge is -2.12. The first-order valence-electron chi connectivity index (χ1n) is 4.85. The first-order valence-corrected chi connectivity index (χ1v) is 4.85. The molecule has 0 fully saturated rings. The summed E-state index contributed by atoms with van der Waals surface area (Å²) in [6.07, 6.45) is 0.799. The zero-order valence-corrected chi connectivity index (χ0v) is 9.16. The van der Waals surface area contributed by atoms with Gasteiger partial charge >= 0.3 is 0 Å². The maximum atomic E-state index is 12.2. The molecule has 0 amide bonds. The van der Waals surface area contributed by atoms with Crippen LogP contribution in [-0.2, 0) is 0 Å². The second-order valence-corrected chi connectivity index (χ2v) is 3.73. The van der Waals surface area contributed by atoms with Crippen LogP contribution in [0.2, 0.25) is 0 Å². The molecular formula is C12H16FNO. The van der Waals surface area contributed by atoms with Crippen molar-refractivity contribution in [1.29, 1.82) is 0 Å². The van der Waals surface area contributed by atoms with Gasteiger partial charge in [0.2, 0.25) is 0 Å². The van der Waals surface area contributed by atoms with Crippen molar-refractivity contribution in [3.8, 4) is 5.75 Å². The van der Waals surface area contributed by atoms with Crippen LogP contribution in [0.15, 0.2) is 30.8 Å². The number of hydrogen-bond donors (Lipinski definition) is 0. The van der Waals surface area contributed by atoms with Gasteiger partial charge in [0, 0.05) is 16.6 Å². The van der Waals surface area contributed by atoms with E-state index >= 15 is 0 Å². The second-order valence-electron chi connectivity index (χ2n) is 3.73. The lowest BCUT2D eigenvalue weighted by molar-refractivity contribution is -0.00655. The van der Waals surface area contributed by atoms with Crippen LogP contribution in [0, 0.1) is 0 Å². The summed E-state index contributed by atoms with van der Waals surface area (Å²) < 4.78 is 12.2. The number of benzene rings is 1. The first-order chi connectivity index (χ1) is 7.15. The Kier molecular flexibility index (Phi) is 4.31. The van der Waals surface area contributed by atoms with E-state index < -0.39 is 0 Å². The van der Waals surface area contributed by atoms with Crippen LogP contribution >= 0.6 is 0 Å². The molecule has 0 aromatic heterocycles. The van der Waals surface area contributed by atoms with Gasteiger partial charge in [-0.2, -0.15) is 0 Å². The summed E-state index contributed by atoms with van der Waals surface area (Å²) in [5.41, 5.74) is 1.62. The van der Waals surface area contributed by atoms with Crippen LogP contribution in [0.4, 0.5) is 4.53 Å². The zero-order chi connectivity index (χ0) is 11.3. The molecule has 0 saturated heterocycles. The van der Waals surface area contributed by atoms with E-state index in [0.29, 0.717) is 0 Å². The fraction of sp³-hybridized carbons (Fsp3) is 0.333. The standard InChI is InChI=1S/C12H16FNO/c1-10(8-9-14(2)3)11-6-4-5-7-12(11)15-13/h4-7H,1,8-9H2,2-3H3. The fourth-order valence-electron chi connectivity index (χ4n) is 1.32. The third kappa shape index (κ3) is 3.36. The van der Waals surface area contributed by atoms with E-state index in [4.69, 9.17) is 0 Å². The molecule has 0 bridgehead atoms. The molecule has 1 rings (SSSR count). The molecule has 3 heteroatoms. The van der Waals surface area contributed by atoms with Crippen molar-refractivity contribution in [2.75, 3.05) is 20.6 Å². The maximum absolute atomic E-state index is 12.2. The number of nitrogens with zero attached hydrogens (tertiary/aromatic N) is 1. The molecular weight excluding hydrogens is 193 g/mol. The molecule has 0 N–H and O–H groups in total. The van der Waals surface area contributed by atoms with Gasteiger partial charge in [-0.3, -0.25) is 4.94 Å². The van der Waals surface area contributed by atoms with Crippen molar-refractivity contribution in [1.82, 2.24) is 4.90 Å². The maximum Gasteiger partial charge on any atom is 0.179 e. The van der Waals surface area contributed by atoms with E-state index in [1.165, 1.54) is 0 Å². The third-order valence-electron chi connectivity index (χ3n) is 2.21. The molecule has 0 aliphatic carbocycles. The Morgan fingerprint density at radius 3 is 2.67 bits per heavy atom. The predicted molar refractivity (Wildman–Crippen MR) is 60.4 cm³/mol. The van der Waals surface area contributed by atoms with Gasteiger partial charge in [0.15, 0.2) is 5.75 Å². The predicted octanol–water partition coefficient (Wildman–Crippen LogP) is 2.91. The molecule has 0 atom stereocenters. The van der Waals surface area contributed by atoms with Gasteiger partial charge in [-0.05, 0) is 32.2 Å². The number of hydrogen-bond acceptors (Lipinski definition) is 2. The van der Waals surface area contributed by atoms with Gasteiger partial charge in [0.05, 0.1) is 0 Å². The van der Waals surface area contributed by atoms with Gasteiger partial charge in [-0.15, -0.1) is 0 Å². The molecule has 0 aliphatic heterocycles. The first kappa shape index (κ1) is 11.7. The van der Waals surface area contributed by atoms with E-state index in [9.17, 15) is 4.53 Å². The summed E-state index contributed by atoms with van der Waals surface area (Å²) in [5, 5.41) is 0. The minimum atomic E-state index is 0.237. The van der Waals surface area contributed by atoms with Crippen LogP contribution in [0.1, 0.15) is 12.0 Å². The Balaban J connectivity index is 2.72. The summed E-state index contributed by atoms with van der Waals surface area (Å²) in [4.78, 5) is 5.86. The van der Waals surface area contributed by atoms with Crippen LogP contribution in [0.25, 0.3) is 5.57 Å². The van der Waals surface area contributed by atoms with Crippen LogP contribution < -0.4 is 4.94 Å². The van der Waals surface area contributed by atoms with E-state index in [2.05, 4.69) is 16.4 Å². The molecule has 1 aromatic rings. The number of rotatable bonds is 5. The zero-order valence-electron chi connectivity index (χ0n) is 9.16. The SMILES string of the molecule is C=C(CCN(C)C)c1ccccc1OF. The number of para-hydroxylation sites is 1. The molecule has 0 radical (unpaired) electrons. The minimum absolute atomic E-state index is 0.237. The topological polar surface area (TPSA) is 12.5 Å². The van der Waals surface area contributed by atoms with Crippen LogP contribution in [0.5, 0.6) is 5.75 Å². The van der Waals surface area contributed by atoms with Crippen molar-refractivity contribution >= 4 is 5.57 Å². The number of halogens is 1. The fourth-order valence-corrected chi connectivity index (χ4v) is 1.32. The van der Waals surface area contributed by atoms with Gasteiger partial charge in [-0.1, -0.05) is 24.8 Å². The Labute approximate surface area is 89.9 Å². The lowest BCUT2D eigenvalue weighted by Crippen LogP contribution is -2.13. The highest BCUT2D eigenvalue weighted by molar-refractivity contribution is 5.68.